The van der Waals surface area contributed by atoms with Crippen LogP contribution in [0.3, 0.4) is 0 Å². The first-order valence-electron chi connectivity index (χ1n) is 6.83. The summed E-state index contributed by atoms with van der Waals surface area (Å²) in [5, 5.41) is 14.9. The summed E-state index contributed by atoms with van der Waals surface area (Å²) in [5.74, 6) is 1.16. The summed E-state index contributed by atoms with van der Waals surface area (Å²) in [6.07, 6.45) is 0. The minimum absolute atomic E-state index is 0.242. The standard InChI is InChI=1S/C17H13Cl2NO3/c1-22-12-4-2-3-10(7-12)17-14(9-21)16(20-23-17)13-8-11(18)5-6-15(13)19/h2-8,21H,9H2,1H3. The van der Waals surface area contributed by atoms with Gasteiger partial charge in [0.2, 0.25) is 0 Å². The van der Waals surface area contributed by atoms with Crippen LogP contribution >= 0.6 is 23.2 Å². The predicted octanol–water partition coefficient (Wildman–Crippen LogP) is 4.82. The SMILES string of the molecule is COc1cccc(-c2onc(-c3cc(Cl)ccc3Cl)c2CO)c1. The normalized spacial score (nSPS) is 10.8. The smallest absolute Gasteiger partial charge is 0.173 e. The first kappa shape index (κ1) is 15.9. The molecule has 0 saturated heterocycles. The van der Waals surface area contributed by atoms with Crippen LogP contribution in [0.2, 0.25) is 10.0 Å². The van der Waals surface area contributed by atoms with Gasteiger partial charge in [-0.25, -0.2) is 0 Å². The van der Waals surface area contributed by atoms with Gasteiger partial charge in [0.25, 0.3) is 0 Å². The highest BCUT2D eigenvalue weighted by Crippen LogP contribution is 2.37. The number of ether oxygens (including phenoxy) is 1. The molecule has 118 valence electrons. The van der Waals surface area contributed by atoms with Gasteiger partial charge in [0, 0.05) is 16.1 Å². The van der Waals surface area contributed by atoms with E-state index < -0.39 is 0 Å². The quantitative estimate of drug-likeness (QED) is 0.733. The van der Waals surface area contributed by atoms with Crippen molar-refractivity contribution < 1.29 is 14.4 Å². The molecule has 4 nitrogen and oxygen atoms in total. The van der Waals surface area contributed by atoms with Crippen LogP contribution in [0, 0.1) is 0 Å². The van der Waals surface area contributed by atoms with E-state index in [0.29, 0.717) is 38.4 Å². The maximum Gasteiger partial charge on any atom is 0.173 e. The third-order valence-electron chi connectivity index (χ3n) is 3.46. The summed E-state index contributed by atoms with van der Waals surface area (Å²) < 4.78 is 10.7. The minimum Gasteiger partial charge on any atom is -0.497 e. The van der Waals surface area contributed by atoms with Crippen molar-refractivity contribution >= 4 is 23.2 Å². The van der Waals surface area contributed by atoms with E-state index in [-0.39, 0.29) is 6.61 Å². The molecule has 0 saturated carbocycles. The van der Waals surface area contributed by atoms with Crippen LogP contribution in [0.15, 0.2) is 47.0 Å². The van der Waals surface area contributed by atoms with E-state index in [1.54, 1.807) is 25.3 Å². The molecule has 0 atom stereocenters. The highest BCUT2D eigenvalue weighted by Gasteiger charge is 2.20. The van der Waals surface area contributed by atoms with E-state index in [0.717, 1.165) is 5.56 Å². The van der Waals surface area contributed by atoms with Crippen LogP contribution in [0.4, 0.5) is 0 Å². The fraction of sp³-hybridized carbons (Fsp3) is 0.118. The second kappa shape index (κ2) is 6.62. The van der Waals surface area contributed by atoms with Gasteiger partial charge in [0.15, 0.2) is 5.76 Å². The van der Waals surface area contributed by atoms with Crippen molar-refractivity contribution in [1.82, 2.24) is 5.16 Å². The number of rotatable bonds is 4. The second-order valence-corrected chi connectivity index (χ2v) is 5.70. The summed E-state index contributed by atoms with van der Waals surface area (Å²) in [6, 6.07) is 12.4. The Labute approximate surface area is 143 Å². The molecule has 0 aliphatic carbocycles. The van der Waals surface area contributed by atoms with E-state index in [1.807, 2.05) is 24.3 Å². The number of nitrogens with zero attached hydrogens (tertiary/aromatic N) is 1. The van der Waals surface area contributed by atoms with Crippen molar-refractivity contribution in [2.45, 2.75) is 6.61 Å². The van der Waals surface area contributed by atoms with Crippen LogP contribution < -0.4 is 4.74 Å². The van der Waals surface area contributed by atoms with Gasteiger partial charge in [0.05, 0.1) is 24.3 Å². The van der Waals surface area contributed by atoms with Crippen molar-refractivity contribution in [2.75, 3.05) is 7.11 Å². The molecule has 0 spiro atoms. The van der Waals surface area contributed by atoms with Gasteiger partial charge in [-0.15, -0.1) is 0 Å². The number of hydrogen-bond donors (Lipinski definition) is 1. The molecule has 0 fully saturated rings. The van der Waals surface area contributed by atoms with Gasteiger partial charge >= 0.3 is 0 Å². The Bertz CT molecular complexity index is 846. The number of halogens is 2. The Hall–Kier alpha value is -2.01. The molecule has 23 heavy (non-hydrogen) atoms. The van der Waals surface area contributed by atoms with Crippen LogP contribution in [0.5, 0.6) is 5.75 Å². The predicted molar refractivity (Wildman–Crippen MR) is 89.9 cm³/mol. The van der Waals surface area contributed by atoms with Gasteiger partial charge in [0.1, 0.15) is 11.4 Å². The fourth-order valence-electron chi connectivity index (χ4n) is 2.34. The lowest BCUT2D eigenvalue weighted by Crippen LogP contribution is -1.90. The summed E-state index contributed by atoms with van der Waals surface area (Å²) in [5.41, 5.74) is 2.38. The molecule has 3 rings (SSSR count). The molecule has 0 unspecified atom stereocenters. The Balaban J connectivity index is 2.15. The Morgan fingerprint density at radius 2 is 2.00 bits per heavy atom. The van der Waals surface area contributed by atoms with Crippen LogP contribution in [-0.4, -0.2) is 17.4 Å². The van der Waals surface area contributed by atoms with Gasteiger partial charge in [-0.1, -0.05) is 40.5 Å². The summed E-state index contributed by atoms with van der Waals surface area (Å²) >= 11 is 12.3. The average molecular weight is 350 g/mol. The third kappa shape index (κ3) is 3.06. The Morgan fingerprint density at radius 1 is 1.17 bits per heavy atom. The number of aliphatic hydroxyl groups is 1. The number of hydrogen-bond acceptors (Lipinski definition) is 4. The molecule has 0 amide bonds. The van der Waals surface area contributed by atoms with Gasteiger partial charge < -0.3 is 14.4 Å². The molecule has 2 aromatic carbocycles. The van der Waals surface area contributed by atoms with E-state index in [4.69, 9.17) is 32.5 Å². The maximum absolute atomic E-state index is 9.79. The molecule has 1 N–H and O–H groups in total. The molecular formula is C17H13Cl2NO3. The molecule has 1 heterocycles. The number of methoxy groups -OCH3 is 1. The molecule has 0 aliphatic rings. The zero-order valence-electron chi connectivity index (χ0n) is 12.2. The van der Waals surface area contributed by atoms with Crippen molar-refractivity contribution in [2.24, 2.45) is 0 Å². The Kier molecular flexibility index (Phi) is 4.57. The zero-order chi connectivity index (χ0) is 16.4. The van der Waals surface area contributed by atoms with E-state index in [1.165, 1.54) is 0 Å². The largest absolute Gasteiger partial charge is 0.497 e. The molecule has 0 aliphatic heterocycles. The lowest BCUT2D eigenvalue weighted by molar-refractivity contribution is 0.281. The maximum atomic E-state index is 9.79. The van der Waals surface area contributed by atoms with Crippen molar-refractivity contribution in [3.8, 4) is 28.3 Å². The van der Waals surface area contributed by atoms with Crippen LogP contribution in [0.1, 0.15) is 5.56 Å². The molecule has 6 heteroatoms. The topological polar surface area (TPSA) is 55.5 Å². The van der Waals surface area contributed by atoms with Gasteiger partial charge in [-0.3, -0.25) is 0 Å². The Morgan fingerprint density at radius 3 is 2.74 bits per heavy atom. The van der Waals surface area contributed by atoms with E-state index in [2.05, 4.69) is 5.16 Å². The van der Waals surface area contributed by atoms with Crippen molar-refractivity contribution in [3.05, 3.63) is 58.1 Å². The van der Waals surface area contributed by atoms with E-state index >= 15 is 0 Å². The highest BCUT2D eigenvalue weighted by molar-refractivity contribution is 6.35. The molecule has 3 aromatic rings. The lowest BCUT2D eigenvalue weighted by Gasteiger charge is -2.05. The molecule has 0 radical (unpaired) electrons. The molecule has 1 aromatic heterocycles. The summed E-state index contributed by atoms with van der Waals surface area (Å²) in [4.78, 5) is 0. The van der Waals surface area contributed by atoms with Gasteiger partial charge in [-0.05, 0) is 30.3 Å². The zero-order valence-corrected chi connectivity index (χ0v) is 13.7. The van der Waals surface area contributed by atoms with Crippen molar-refractivity contribution in [3.63, 3.8) is 0 Å². The number of benzene rings is 2. The number of aromatic nitrogens is 1. The fourth-order valence-corrected chi connectivity index (χ4v) is 2.72. The van der Waals surface area contributed by atoms with E-state index in [9.17, 15) is 5.11 Å². The van der Waals surface area contributed by atoms with Gasteiger partial charge in [-0.2, -0.15) is 0 Å². The first-order chi connectivity index (χ1) is 11.1. The summed E-state index contributed by atoms with van der Waals surface area (Å²) in [6.45, 7) is -0.242. The first-order valence-corrected chi connectivity index (χ1v) is 7.59. The average Bonchev–Trinajstić information content (AvgIpc) is 3.00. The monoisotopic (exact) mass is 349 g/mol. The third-order valence-corrected chi connectivity index (χ3v) is 4.03. The lowest BCUT2D eigenvalue weighted by atomic mass is 10.0. The molecular weight excluding hydrogens is 337 g/mol. The van der Waals surface area contributed by atoms with Crippen molar-refractivity contribution in [1.29, 1.82) is 0 Å². The minimum atomic E-state index is -0.242. The van der Waals surface area contributed by atoms with Crippen LogP contribution in [0.25, 0.3) is 22.6 Å². The number of aliphatic hydroxyl groups excluding tert-OH is 1. The summed E-state index contributed by atoms with van der Waals surface area (Å²) in [7, 11) is 1.59. The van der Waals surface area contributed by atoms with Crippen LogP contribution in [-0.2, 0) is 6.61 Å². The second-order valence-electron chi connectivity index (χ2n) is 4.85. The molecule has 0 bridgehead atoms. The highest BCUT2D eigenvalue weighted by atomic mass is 35.5.